The molecule has 4 aromatic rings. The molecule has 2 amide bonds. The third-order valence-electron chi connectivity index (χ3n) is 7.87. The van der Waals surface area contributed by atoms with Crippen LogP contribution in [0.3, 0.4) is 0 Å². The Labute approximate surface area is 235 Å². The van der Waals surface area contributed by atoms with Gasteiger partial charge in [0.25, 0.3) is 5.91 Å². The van der Waals surface area contributed by atoms with Gasteiger partial charge >= 0.3 is 0 Å². The molecule has 1 heterocycles. The fraction of sp³-hybridized carbons (Fsp3) is 0.229. The van der Waals surface area contributed by atoms with Crippen LogP contribution in [0.1, 0.15) is 66.0 Å². The van der Waals surface area contributed by atoms with Crippen molar-refractivity contribution in [2.75, 3.05) is 10.2 Å². The number of ketones is 1. The number of aryl methyl sites for hydroxylation is 1. The van der Waals surface area contributed by atoms with Gasteiger partial charge in [0.15, 0.2) is 5.78 Å². The summed E-state index contributed by atoms with van der Waals surface area (Å²) in [6.45, 7) is 9.47. The van der Waals surface area contributed by atoms with Gasteiger partial charge in [-0.15, -0.1) is 0 Å². The Hall–Kier alpha value is -4.51. The van der Waals surface area contributed by atoms with Crippen LogP contribution < -0.4 is 10.2 Å². The zero-order chi connectivity index (χ0) is 28.7. The fourth-order valence-corrected chi connectivity index (χ4v) is 6.09. The van der Waals surface area contributed by atoms with Gasteiger partial charge < -0.3 is 10.2 Å². The summed E-state index contributed by atoms with van der Waals surface area (Å²) < 4.78 is 0. The van der Waals surface area contributed by atoms with Crippen molar-refractivity contribution < 1.29 is 14.4 Å². The van der Waals surface area contributed by atoms with Crippen molar-refractivity contribution in [2.24, 2.45) is 0 Å². The second-order valence-corrected chi connectivity index (χ2v) is 11.5. The maximum Gasteiger partial charge on any atom is 0.255 e. The molecule has 0 radical (unpaired) electrons. The molecule has 1 aliphatic rings. The predicted octanol–water partition coefficient (Wildman–Crippen LogP) is 7.59. The molecule has 202 valence electrons. The molecule has 1 aliphatic heterocycles. The summed E-state index contributed by atoms with van der Waals surface area (Å²) in [6, 6.07) is 30.6. The quantitative estimate of drug-likeness (QED) is 0.270. The van der Waals surface area contributed by atoms with Crippen molar-refractivity contribution in [3.63, 3.8) is 0 Å². The molecule has 0 bridgehead atoms. The first kappa shape index (κ1) is 27.1. The fourth-order valence-electron chi connectivity index (χ4n) is 6.09. The van der Waals surface area contributed by atoms with Crippen molar-refractivity contribution >= 4 is 29.0 Å². The monoisotopic (exact) mass is 530 g/mol. The molecule has 4 aromatic carbocycles. The number of carbonyl (C=O) groups is 3. The van der Waals surface area contributed by atoms with E-state index in [-0.39, 0.29) is 17.6 Å². The van der Waals surface area contributed by atoms with Gasteiger partial charge in [0.2, 0.25) is 5.91 Å². The molecule has 0 saturated heterocycles. The maximum absolute atomic E-state index is 14.1. The second kappa shape index (κ2) is 10.2. The van der Waals surface area contributed by atoms with E-state index in [0.29, 0.717) is 28.9 Å². The van der Waals surface area contributed by atoms with Gasteiger partial charge in [0.1, 0.15) is 0 Å². The minimum atomic E-state index is -0.905. The minimum absolute atomic E-state index is 0.00926. The Morgan fingerprint density at radius 3 is 1.98 bits per heavy atom. The summed E-state index contributed by atoms with van der Waals surface area (Å²) in [5.41, 5.74) is 4.85. The van der Waals surface area contributed by atoms with Crippen LogP contribution in [0.5, 0.6) is 0 Å². The van der Waals surface area contributed by atoms with Gasteiger partial charge in [0.05, 0.1) is 5.41 Å². The van der Waals surface area contributed by atoms with Crippen molar-refractivity contribution in [3.05, 3.63) is 119 Å². The molecular formula is C35H34N2O3. The number of amides is 2. The minimum Gasteiger partial charge on any atom is -0.322 e. The average molecular weight is 531 g/mol. The van der Waals surface area contributed by atoms with E-state index < -0.39 is 11.0 Å². The molecule has 5 heteroatoms. The van der Waals surface area contributed by atoms with E-state index in [1.165, 1.54) is 0 Å². The standard InChI is InChI=1S/C35H34N2O3/c1-23-11-13-27(14-12-23)32(39)35(5)22-34(3,4)37(24(2)38)31-20-19-29(21-30(31)35)36-33(40)28-17-15-26(16-18-28)25-9-7-6-8-10-25/h6-21H,22H2,1-5H3,(H,36,40). The Kier molecular flexibility index (Phi) is 6.92. The van der Waals surface area contributed by atoms with Crippen LogP contribution in [0.25, 0.3) is 11.1 Å². The van der Waals surface area contributed by atoms with E-state index in [4.69, 9.17) is 0 Å². The number of rotatable bonds is 5. The first-order valence-electron chi connectivity index (χ1n) is 13.5. The summed E-state index contributed by atoms with van der Waals surface area (Å²) in [7, 11) is 0. The van der Waals surface area contributed by atoms with Gasteiger partial charge in [-0.1, -0.05) is 72.3 Å². The van der Waals surface area contributed by atoms with E-state index in [1.54, 1.807) is 30.0 Å². The maximum atomic E-state index is 14.1. The van der Waals surface area contributed by atoms with Crippen LogP contribution in [-0.4, -0.2) is 23.1 Å². The zero-order valence-electron chi connectivity index (χ0n) is 23.6. The number of Topliss-reactive ketones (excluding diaryl/α,β-unsaturated/α-hetero) is 1. The average Bonchev–Trinajstić information content (AvgIpc) is 2.93. The van der Waals surface area contributed by atoms with Gasteiger partial charge in [-0.05, 0) is 81.1 Å². The van der Waals surface area contributed by atoms with E-state index >= 15 is 0 Å². The Balaban J connectivity index is 1.50. The predicted molar refractivity (Wildman–Crippen MR) is 161 cm³/mol. The van der Waals surface area contributed by atoms with Gasteiger partial charge in [0, 0.05) is 35.0 Å². The van der Waals surface area contributed by atoms with Crippen LogP contribution in [0.2, 0.25) is 0 Å². The summed E-state index contributed by atoms with van der Waals surface area (Å²) in [4.78, 5) is 41.9. The lowest BCUT2D eigenvalue weighted by Crippen LogP contribution is -2.57. The number of anilines is 2. The number of benzene rings is 4. The molecule has 0 aliphatic carbocycles. The number of fused-ring (bicyclic) bond motifs is 1. The Morgan fingerprint density at radius 2 is 1.35 bits per heavy atom. The summed E-state index contributed by atoms with van der Waals surface area (Å²) >= 11 is 0. The molecule has 0 fully saturated rings. The molecule has 1 N–H and O–H groups in total. The lowest BCUT2D eigenvalue weighted by Gasteiger charge is -2.50. The number of hydrogen-bond donors (Lipinski definition) is 1. The summed E-state index contributed by atoms with van der Waals surface area (Å²) in [5, 5.41) is 3.00. The molecular weight excluding hydrogens is 496 g/mol. The highest BCUT2D eigenvalue weighted by atomic mass is 16.2. The van der Waals surface area contributed by atoms with Crippen LogP contribution >= 0.6 is 0 Å². The highest BCUT2D eigenvalue weighted by Gasteiger charge is 2.50. The van der Waals surface area contributed by atoms with E-state index in [9.17, 15) is 14.4 Å². The number of hydrogen-bond acceptors (Lipinski definition) is 3. The lowest BCUT2D eigenvalue weighted by molar-refractivity contribution is -0.117. The van der Waals surface area contributed by atoms with Gasteiger partial charge in [-0.25, -0.2) is 0 Å². The SMILES string of the molecule is CC(=O)N1c2ccc(NC(=O)c3ccc(-c4ccccc4)cc3)cc2C(C)(C(=O)c2ccc(C)cc2)CC1(C)C. The lowest BCUT2D eigenvalue weighted by atomic mass is 9.65. The molecule has 40 heavy (non-hydrogen) atoms. The van der Waals surface area contributed by atoms with E-state index in [0.717, 1.165) is 22.3 Å². The normalized spacial score (nSPS) is 17.6. The first-order valence-corrected chi connectivity index (χ1v) is 13.5. The first-order chi connectivity index (χ1) is 19.0. The Morgan fingerprint density at radius 1 is 0.750 bits per heavy atom. The molecule has 0 aromatic heterocycles. The highest BCUT2D eigenvalue weighted by Crippen LogP contribution is 2.49. The number of nitrogens with zero attached hydrogens (tertiary/aromatic N) is 1. The third-order valence-corrected chi connectivity index (χ3v) is 7.87. The molecule has 5 nitrogen and oxygen atoms in total. The largest absolute Gasteiger partial charge is 0.322 e. The third kappa shape index (κ3) is 4.95. The molecule has 5 rings (SSSR count). The van der Waals surface area contributed by atoms with Crippen LogP contribution in [-0.2, 0) is 10.2 Å². The molecule has 0 spiro atoms. The second-order valence-electron chi connectivity index (χ2n) is 11.5. The van der Waals surface area contributed by atoms with Gasteiger partial charge in [-0.3, -0.25) is 14.4 Å². The number of nitrogens with one attached hydrogen (secondary N) is 1. The number of carbonyl (C=O) groups excluding carboxylic acids is 3. The molecule has 0 saturated carbocycles. The zero-order valence-corrected chi connectivity index (χ0v) is 23.6. The highest BCUT2D eigenvalue weighted by molar-refractivity contribution is 6.08. The molecule has 1 unspecified atom stereocenters. The smallest absolute Gasteiger partial charge is 0.255 e. The van der Waals surface area contributed by atoms with Crippen molar-refractivity contribution in [2.45, 2.75) is 52.0 Å². The van der Waals surface area contributed by atoms with Crippen molar-refractivity contribution in [1.29, 1.82) is 0 Å². The van der Waals surface area contributed by atoms with Crippen molar-refractivity contribution in [3.8, 4) is 11.1 Å². The van der Waals surface area contributed by atoms with Crippen LogP contribution in [0, 0.1) is 6.92 Å². The van der Waals surface area contributed by atoms with Crippen LogP contribution in [0.15, 0.2) is 97.1 Å². The van der Waals surface area contributed by atoms with E-state index in [2.05, 4.69) is 5.32 Å². The van der Waals surface area contributed by atoms with E-state index in [1.807, 2.05) is 107 Å². The van der Waals surface area contributed by atoms with Gasteiger partial charge in [-0.2, -0.15) is 0 Å². The molecule has 1 atom stereocenters. The van der Waals surface area contributed by atoms with Crippen molar-refractivity contribution in [1.82, 2.24) is 0 Å². The summed E-state index contributed by atoms with van der Waals surface area (Å²) in [5.74, 6) is -0.345. The Bertz CT molecular complexity index is 1590. The van der Waals surface area contributed by atoms with Crippen LogP contribution in [0.4, 0.5) is 11.4 Å². The topological polar surface area (TPSA) is 66.5 Å². The summed E-state index contributed by atoms with van der Waals surface area (Å²) in [6.07, 6.45) is 0.442.